The third-order valence-corrected chi connectivity index (χ3v) is 5.47. The van der Waals surface area contributed by atoms with Crippen LogP contribution >= 0.6 is 0 Å². The van der Waals surface area contributed by atoms with Crippen molar-refractivity contribution in [2.45, 2.75) is 60.0 Å². The first-order chi connectivity index (χ1) is 13.7. The van der Waals surface area contributed by atoms with Crippen molar-refractivity contribution in [2.24, 2.45) is 17.8 Å². The number of piperidine rings is 1. The second kappa shape index (κ2) is 11.0. The molecule has 1 amide bonds. The van der Waals surface area contributed by atoms with Gasteiger partial charge in [0, 0.05) is 31.9 Å². The first-order valence-electron chi connectivity index (χ1n) is 11.1. The molecule has 0 radical (unpaired) electrons. The second-order valence-electron chi connectivity index (χ2n) is 9.29. The minimum absolute atomic E-state index is 0.102. The fourth-order valence-corrected chi connectivity index (χ4v) is 4.48. The number of anilines is 1. The molecule has 0 unspecified atom stereocenters. The summed E-state index contributed by atoms with van der Waals surface area (Å²) in [6, 6.07) is 7.61. The molecule has 164 valence electrons. The zero-order valence-corrected chi connectivity index (χ0v) is 19.2. The average molecular weight is 405 g/mol. The molecule has 1 heterocycles. The third-order valence-electron chi connectivity index (χ3n) is 5.47. The summed E-state index contributed by atoms with van der Waals surface area (Å²) in [5.41, 5.74) is -0.0587. The van der Waals surface area contributed by atoms with Gasteiger partial charge in [0.15, 0.2) is 0 Å². The second-order valence-corrected chi connectivity index (χ2v) is 9.29. The van der Waals surface area contributed by atoms with Crippen LogP contribution in [0.2, 0.25) is 0 Å². The van der Waals surface area contributed by atoms with E-state index in [0.29, 0.717) is 25.6 Å². The summed E-state index contributed by atoms with van der Waals surface area (Å²) in [6.07, 6.45) is 2.01. The Morgan fingerprint density at radius 2 is 1.83 bits per heavy atom. The van der Waals surface area contributed by atoms with Crippen molar-refractivity contribution in [1.82, 2.24) is 4.90 Å². The number of nitrogens with one attached hydrogen (secondary N) is 1. The summed E-state index contributed by atoms with van der Waals surface area (Å²) < 4.78 is 11.7. The Bertz CT molecular complexity index is 622. The summed E-state index contributed by atoms with van der Waals surface area (Å²) in [4.78, 5) is 15.3. The molecule has 1 saturated heterocycles. The van der Waals surface area contributed by atoms with Gasteiger partial charge in [-0.3, -0.25) is 9.69 Å². The Balaban J connectivity index is 1.83. The maximum absolute atomic E-state index is 12.8. The number of likely N-dealkylation sites (tertiary alicyclic amines) is 1. The summed E-state index contributed by atoms with van der Waals surface area (Å²) >= 11 is 0. The van der Waals surface area contributed by atoms with Crippen molar-refractivity contribution >= 4 is 11.6 Å². The molecule has 1 fully saturated rings. The lowest BCUT2D eigenvalue weighted by Crippen LogP contribution is -2.43. The number of amides is 1. The Kier molecular flexibility index (Phi) is 8.97. The third kappa shape index (κ3) is 7.63. The molecule has 0 spiro atoms. The highest BCUT2D eigenvalue weighted by atomic mass is 16.5. The number of nitrogens with zero attached hydrogens (tertiary/aromatic N) is 1. The minimum atomic E-state index is -0.819. The van der Waals surface area contributed by atoms with E-state index in [1.54, 1.807) is 0 Å². The molecule has 29 heavy (non-hydrogen) atoms. The van der Waals surface area contributed by atoms with Gasteiger partial charge in [-0.25, -0.2) is 0 Å². The van der Waals surface area contributed by atoms with E-state index in [4.69, 9.17) is 9.47 Å². The molecule has 0 aliphatic carbocycles. The zero-order valence-electron chi connectivity index (χ0n) is 19.2. The van der Waals surface area contributed by atoms with Crippen LogP contribution in [-0.2, 0) is 9.53 Å². The fourth-order valence-electron chi connectivity index (χ4n) is 4.48. The molecule has 3 atom stereocenters. The molecule has 5 heteroatoms. The Morgan fingerprint density at radius 1 is 1.21 bits per heavy atom. The van der Waals surface area contributed by atoms with Crippen LogP contribution in [0.1, 0.15) is 54.4 Å². The fraction of sp³-hybridized carbons (Fsp3) is 0.708. The topological polar surface area (TPSA) is 50.8 Å². The molecule has 2 rings (SSSR count). The molecular weight excluding hydrogens is 364 g/mol. The van der Waals surface area contributed by atoms with Crippen LogP contribution in [0.25, 0.3) is 0 Å². The average Bonchev–Trinajstić information content (AvgIpc) is 2.62. The first-order valence-corrected chi connectivity index (χ1v) is 11.1. The maximum atomic E-state index is 12.8. The van der Waals surface area contributed by atoms with Crippen molar-refractivity contribution in [3.05, 3.63) is 24.3 Å². The number of benzene rings is 1. The van der Waals surface area contributed by atoms with Gasteiger partial charge in [-0.1, -0.05) is 27.7 Å². The van der Waals surface area contributed by atoms with Gasteiger partial charge in [0.25, 0.3) is 5.91 Å². The molecule has 1 aliphatic heterocycles. The minimum Gasteiger partial charge on any atom is -0.492 e. The van der Waals surface area contributed by atoms with Gasteiger partial charge in [-0.05, 0) is 68.7 Å². The van der Waals surface area contributed by atoms with Gasteiger partial charge in [0.2, 0.25) is 0 Å². The molecule has 1 N–H and O–H groups in total. The molecule has 0 aromatic heterocycles. The van der Waals surface area contributed by atoms with Crippen LogP contribution < -0.4 is 10.1 Å². The molecule has 0 saturated carbocycles. The van der Waals surface area contributed by atoms with Crippen molar-refractivity contribution in [3.63, 3.8) is 0 Å². The lowest BCUT2D eigenvalue weighted by atomic mass is 9.92. The standard InChI is InChI=1S/C24H40N2O3/c1-7-29-24(6,15-18(2)3)23(27)25-21-8-10-22(11-9-21)28-13-12-26-16-19(4)14-20(5)17-26/h8-11,18-20H,7,12-17H2,1-6H3,(H,25,27)/t19-,20-,24+/m1/s1. The van der Waals surface area contributed by atoms with Gasteiger partial charge in [0.05, 0.1) is 0 Å². The number of carbonyl (C=O) groups excluding carboxylic acids is 1. The molecule has 1 aromatic rings. The van der Waals surface area contributed by atoms with E-state index in [9.17, 15) is 4.79 Å². The van der Waals surface area contributed by atoms with Crippen molar-refractivity contribution in [3.8, 4) is 5.75 Å². The molecule has 0 bridgehead atoms. The highest BCUT2D eigenvalue weighted by Gasteiger charge is 2.34. The highest BCUT2D eigenvalue weighted by Crippen LogP contribution is 2.24. The van der Waals surface area contributed by atoms with Gasteiger partial charge in [-0.2, -0.15) is 0 Å². The lowest BCUT2D eigenvalue weighted by molar-refractivity contribution is -0.140. The Labute approximate surface area is 177 Å². The summed E-state index contributed by atoms with van der Waals surface area (Å²) in [7, 11) is 0. The van der Waals surface area contributed by atoms with Crippen molar-refractivity contribution in [1.29, 1.82) is 0 Å². The van der Waals surface area contributed by atoms with E-state index in [1.165, 1.54) is 6.42 Å². The van der Waals surface area contributed by atoms with E-state index in [2.05, 4.69) is 37.9 Å². The molecule has 1 aromatic carbocycles. The molecule has 5 nitrogen and oxygen atoms in total. The summed E-state index contributed by atoms with van der Waals surface area (Å²) in [6.45, 7) is 17.1. The quantitative estimate of drug-likeness (QED) is 0.607. The van der Waals surface area contributed by atoms with E-state index >= 15 is 0 Å². The van der Waals surface area contributed by atoms with E-state index < -0.39 is 5.60 Å². The van der Waals surface area contributed by atoms with Gasteiger partial charge in [0.1, 0.15) is 18.0 Å². The number of rotatable bonds is 10. The predicted octanol–water partition coefficient (Wildman–Crippen LogP) is 4.82. The van der Waals surface area contributed by atoms with Crippen LogP contribution in [-0.4, -0.2) is 49.3 Å². The van der Waals surface area contributed by atoms with Crippen LogP contribution in [0.5, 0.6) is 5.75 Å². The van der Waals surface area contributed by atoms with E-state index in [-0.39, 0.29) is 5.91 Å². The number of carbonyl (C=O) groups is 1. The Hall–Kier alpha value is -1.59. The van der Waals surface area contributed by atoms with Crippen molar-refractivity contribution < 1.29 is 14.3 Å². The SMILES string of the molecule is CCO[C@@](C)(CC(C)C)C(=O)Nc1ccc(OCCN2C[C@H](C)C[C@@H](C)C2)cc1. The van der Waals surface area contributed by atoms with Gasteiger partial charge >= 0.3 is 0 Å². The van der Waals surface area contributed by atoms with E-state index in [1.807, 2.05) is 38.1 Å². The van der Waals surface area contributed by atoms with Crippen LogP contribution in [0.15, 0.2) is 24.3 Å². The monoisotopic (exact) mass is 404 g/mol. The number of hydrogen-bond donors (Lipinski definition) is 1. The van der Waals surface area contributed by atoms with Crippen molar-refractivity contribution in [2.75, 3.05) is 38.2 Å². The lowest BCUT2D eigenvalue weighted by Gasteiger charge is -2.34. The normalized spacial score (nSPS) is 22.3. The largest absolute Gasteiger partial charge is 0.492 e. The molecular formula is C24H40N2O3. The first kappa shape index (κ1) is 23.7. The van der Waals surface area contributed by atoms with E-state index in [0.717, 1.165) is 42.9 Å². The number of ether oxygens (including phenoxy) is 2. The van der Waals surface area contributed by atoms with Gasteiger partial charge < -0.3 is 14.8 Å². The highest BCUT2D eigenvalue weighted by molar-refractivity contribution is 5.97. The zero-order chi connectivity index (χ0) is 21.4. The maximum Gasteiger partial charge on any atom is 0.256 e. The summed E-state index contributed by atoms with van der Waals surface area (Å²) in [5, 5.41) is 2.99. The molecule has 1 aliphatic rings. The van der Waals surface area contributed by atoms with Crippen LogP contribution in [0.3, 0.4) is 0 Å². The Morgan fingerprint density at radius 3 is 2.38 bits per heavy atom. The number of hydrogen-bond acceptors (Lipinski definition) is 4. The van der Waals surface area contributed by atoms with Crippen LogP contribution in [0, 0.1) is 17.8 Å². The smallest absolute Gasteiger partial charge is 0.256 e. The van der Waals surface area contributed by atoms with Crippen LogP contribution in [0.4, 0.5) is 5.69 Å². The van der Waals surface area contributed by atoms with Gasteiger partial charge in [-0.15, -0.1) is 0 Å². The predicted molar refractivity (Wildman–Crippen MR) is 119 cm³/mol. The summed E-state index contributed by atoms with van der Waals surface area (Å²) in [5.74, 6) is 2.63.